The molecule has 8 nitrogen and oxygen atoms in total. The third-order valence-corrected chi connectivity index (χ3v) is 3.04. The molecule has 118 valence electrons. The van der Waals surface area contributed by atoms with E-state index in [-0.39, 0.29) is 0 Å². The Labute approximate surface area is 121 Å². The Balaban J connectivity index is 2.29. The molecule has 0 radical (unpaired) electrons. The standard InChI is InChI=1S/C13H19NO7/c1-12(2,3)21-11(18)14-6(10(16)17)7-8(9(14)15)20-13(4,5)19-7/h6-8H,1-5H3,(H,16,17)/t6-,7?,8?/m0/s1. The minimum atomic E-state index is -1.46. The molecule has 0 saturated carbocycles. The molecular weight excluding hydrogens is 282 g/mol. The molecule has 0 spiro atoms. The molecule has 3 atom stereocenters. The minimum Gasteiger partial charge on any atom is -0.480 e. The lowest BCUT2D eigenvalue weighted by Gasteiger charge is -2.28. The Hall–Kier alpha value is -1.67. The van der Waals surface area contributed by atoms with E-state index in [0.29, 0.717) is 4.90 Å². The van der Waals surface area contributed by atoms with Crippen molar-refractivity contribution in [2.75, 3.05) is 0 Å². The Morgan fingerprint density at radius 3 is 2.33 bits per heavy atom. The van der Waals surface area contributed by atoms with Gasteiger partial charge in [0, 0.05) is 0 Å². The van der Waals surface area contributed by atoms with Crippen LogP contribution in [0, 0.1) is 0 Å². The fourth-order valence-corrected chi connectivity index (χ4v) is 2.40. The first kappa shape index (κ1) is 15.7. The molecular formula is C13H19NO7. The lowest BCUT2D eigenvalue weighted by molar-refractivity contribution is -0.177. The third kappa shape index (κ3) is 2.86. The molecule has 2 unspecified atom stereocenters. The van der Waals surface area contributed by atoms with E-state index >= 15 is 0 Å². The van der Waals surface area contributed by atoms with Crippen molar-refractivity contribution in [1.82, 2.24) is 4.90 Å². The summed E-state index contributed by atoms with van der Waals surface area (Å²) in [7, 11) is 0. The number of carboxylic acid groups (broad SMARTS) is 1. The average Bonchev–Trinajstić information content (AvgIpc) is 2.68. The summed E-state index contributed by atoms with van der Waals surface area (Å²) in [5.74, 6) is -3.17. The van der Waals surface area contributed by atoms with E-state index < -0.39 is 47.6 Å². The highest BCUT2D eigenvalue weighted by Gasteiger charge is 2.62. The number of carboxylic acids is 1. The number of imide groups is 1. The second-order valence-corrected chi connectivity index (χ2v) is 6.49. The van der Waals surface area contributed by atoms with Crippen molar-refractivity contribution < 1.29 is 33.7 Å². The van der Waals surface area contributed by atoms with Crippen molar-refractivity contribution in [3.05, 3.63) is 0 Å². The van der Waals surface area contributed by atoms with Crippen LogP contribution in [0.15, 0.2) is 0 Å². The zero-order chi connectivity index (χ0) is 16.2. The summed E-state index contributed by atoms with van der Waals surface area (Å²) in [6.07, 6.45) is -3.18. The van der Waals surface area contributed by atoms with Gasteiger partial charge in [0.2, 0.25) is 0 Å². The predicted molar refractivity (Wildman–Crippen MR) is 68.3 cm³/mol. The van der Waals surface area contributed by atoms with Crippen LogP contribution in [0.5, 0.6) is 0 Å². The number of hydrogen-bond donors (Lipinski definition) is 1. The van der Waals surface area contributed by atoms with E-state index in [1.807, 2.05) is 0 Å². The zero-order valence-corrected chi connectivity index (χ0v) is 12.6. The van der Waals surface area contributed by atoms with Crippen LogP contribution in [0.2, 0.25) is 0 Å². The molecule has 1 N–H and O–H groups in total. The summed E-state index contributed by atoms with van der Waals surface area (Å²) >= 11 is 0. The third-order valence-electron chi connectivity index (χ3n) is 3.04. The highest BCUT2D eigenvalue weighted by atomic mass is 16.8. The van der Waals surface area contributed by atoms with Crippen molar-refractivity contribution in [3.63, 3.8) is 0 Å². The quantitative estimate of drug-likeness (QED) is 0.761. The lowest BCUT2D eigenvalue weighted by Crippen LogP contribution is -2.49. The molecule has 0 aliphatic carbocycles. The summed E-state index contributed by atoms with van der Waals surface area (Å²) in [5.41, 5.74) is -0.848. The maximum Gasteiger partial charge on any atom is 0.418 e. The monoisotopic (exact) mass is 301 g/mol. The molecule has 2 amide bonds. The molecule has 8 heteroatoms. The minimum absolute atomic E-state index is 0.568. The van der Waals surface area contributed by atoms with Gasteiger partial charge < -0.3 is 19.3 Å². The molecule has 2 aliphatic rings. The molecule has 0 aromatic heterocycles. The first-order valence-corrected chi connectivity index (χ1v) is 6.57. The van der Waals surface area contributed by atoms with Gasteiger partial charge in [-0.2, -0.15) is 0 Å². The van der Waals surface area contributed by atoms with Gasteiger partial charge in [-0.1, -0.05) is 0 Å². The molecule has 2 heterocycles. The van der Waals surface area contributed by atoms with Gasteiger partial charge in [0.1, 0.15) is 11.7 Å². The summed E-state index contributed by atoms with van der Waals surface area (Å²) in [6.45, 7) is 8.03. The zero-order valence-electron chi connectivity index (χ0n) is 12.6. The number of aliphatic carboxylic acids is 1. The van der Waals surface area contributed by atoms with Gasteiger partial charge in [-0.25, -0.2) is 14.5 Å². The number of fused-ring (bicyclic) bond motifs is 1. The highest BCUT2D eigenvalue weighted by molar-refractivity contribution is 6.02. The van der Waals surface area contributed by atoms with Gasteiger partial charge in [-0.3, -0.25) is 4.79 Å². The molecule has 2 aliphatic heterocycles. The SMILES string of the molecule is CC(C)(C)OC(=O)N1C(=O)C2OC(C)(C)OC2[C@H]1C(=O)O. The molecule has 0 aromatic carbocycles. The van der Waals surface area contributed by atoms with Gasteiger partial charge in [0.15, 0.2) is 17.9 Å². The summed E-state index contributed by atoms with van der Waals surface area (Å²) in [5, 5.41) is 9.33. The van der Waals surface area contributed by atoms with Crippen LogP contribution in [0.4, 0.5) is 4.79 Å². The largest absolute Gasteiger partial charge is 0.480 e. The van der Waals surface area contributed by atoms with Gasteiger partial charge >= 0.3 is 12.1 Å². The number of carbonyl (C=O) groups is 3. The topological polar surface area (TPSA) is 102 Å². The van der Waals surface area contributed by atoms with Crippen LogP contribution in [0.25, 0.3) is 0 Å². The van der Waals surface area contributed by atoms with Crippen LogP contribution in [-0.4, -0.2) is 57.6 Å². The van der Waals surface area contributed by atoms with E-state index in [9.17, 15) is 19.5 Å². The summed E-state index contributed by atoms with van der Waals surface area (Å²) in [4.78, 5) is 36.4. The second-order valence-electron chi connectivity index (χ2n) is 6.49. The molecule has 21 heavy (non-hydrogen) atoms. The summed E-state index contributed by atoms with van der Waals surface area (Å²) < 4.78 is 15.9. The van der Waals surface area contributed by atoms with Crippen molar-refractivity contribution in [2.45, 2.75) is 64.3 Å². The van der Waals surface area contributed by atoms with E-state index in [2.05, 4.69) is 0 Å². The predicted octanol–water partition coefficient (Wildman–Crippen LogP) is 0.737. The maximum absolute atomic E-state index is 12.3. The lowest BCUT2D eigenvalue weighted by atomic mass is 10.1. The number of amides is 2. The van der Waals surface area contributed by atoms with Gasteiger partial charge in [-0.05, 0) is 34.6 Å². The molecule has 0 aromatic rings. The van der Waals surface area contributed by atoms with Crippen LogP contribution >= 0.6 is 0 Å². The van der Waals surface area contributed by atoms with Gasteiger partial charge in [0.05, 0.1) is 0 Å². The Bertz CT molecular complexity index is 493. The first-order valence-electron chi connectivity index (χ1n) is 6.57. The van der Waals surface area contributed by atoms with E-state index in [1.54, 1.807) is 34.6 Å². The number of hydrogen-bond acceptors (Lipinski definition) is 6. The number of rotatable bonds is 1. The maximum atomic E-state index is 12.3. The van der Waals surface area contributed by atoms with Crippen LogP contribution in [0.3, 0.4) is 0 Å². The second kappa shape index (κ2) is 4.67. The first-order chi connectivity index (χ1) is 9.43. The smallest absolute Gasteiger partial charge is 0.418 e. The number of carbonyl (C=O) groups excluding carboxylic acids is 2. The fraction of sp³-hybridized carbons (Fsp3) is 0.769. The summed E-state index contributed by atoms with van der Waals surface area (Å²) in [6, 6.07) is -1.46. The van der Waals surface area contributed by atoms with E-state index in [1.165, 1.54) is 0 Å². The number of nitrogens with zero attached hydrogens (tertiary/aromatic N) is 1. The van der Waals surface area contributed by atoms with Crippen LogP contribution in [-0.2, 0) is 23.8 Å². The van der Waals surface area contributed by atoms with Crippen molar-refractivity contribution in [2.24, 2.45) is 0 Å². The Kier molecular flexibility index (Phi) is 3.50. The highest BCUT2D eigenvalue weighted by Crippen LogP contribution is 2.38. The van der Waals surface area contributed by atoms with Crippen molar-refractivity contribution >= 4 is 18.0 Å². The normalized spacial score (nSPS) is 31.2. The molecule has 2 rings (SSSR count). The fourth-order valence-electron chi connectivity index (χ4n) is 2.40. The Morgan fingerprint density at radius 1 is 1.29 bits per heavy atom. The molecule has 2 saturated heterocycles. The molecule has 2 fully saturated rings. The van der Waals surface area contributed by atoms with E-state index in [4.69, 9.17) is 14.2 Å². The Morgan fingerprint density at radius 2 is 1.86 bits per heavy atom. The van der Waals surface area contributed by atoms with Gasteiger partial charge in [0.25, 0.3) is 5.91 Å². The van der Waals surface area contributed by atoms with Gasteiger partial charge in [-0.15, -0.1) is 0 Å². The van der Waals surface area contributed by atoms with Crippen LogP contribution < -0.4 is 0 Å². The van der Waals surface area contributed by atoms with Crippen molar-refractivity contribution in [1.29, 1.82) is 0 Å². The number of ether oxygens (including phenoxy) is 3. The van der Waals surface area contributed by atoms with E-state index in [0.717, 1.165) is 0 Å². The van der Waals surface area contributed by atoms with Crippen molar-refractivity contribution in [3.8, 4) is 0 Å². The molecule has 0 bridgehead atoms. The van der Waals surface area contributed by atoms with Crippen LogP contribution in [0.1, 0.15) is 34.6 Å². The average molecular weight is 301 g/mol. The number of likely N-dealkylation sites (tertiary alicyclic amines) is 1.